The Labute approximate surface area is 111 Å². The van der Waals surface area contributed by atoms with Crippen LogP contribution in [0.4, 0.5) is 5.95 Å². The average Bonchev–Trinajstić information content (AvgIpc) is 2.35. The number of nitrogens with zero attached hydrogens (tertiary/aromatic N) is 3. The van der Waals surface area contributed by atoms with E-state index >= 15 is 0 Å². The Kier molecular flexibility index (Phi) is 6.05. The molecule has 1 aromatic rings. The summed E-state index contributed by atoms with van der Waals surface area (Å²) in [4.78, 5) is 11.3. The van der Waals surface area contributed by atoms with E-state index in [9.17, 15) is 0 Å². The Hall–Kier alpha value is -1.16. The lowest BCUT2D eigenvalue weighted by Crippen LogP contribution is -2.30. The Bertz CT molecular complexity index is 365. The number of aromatic nitrogens is 2. The number of hydrogen-bond donors (Lipinski definition) is 1. The van der Waals surface area contributed by atoms with Gasteiger partial charge in [-0.15, -0.1) is 0 Å². The lowest BCUT2D eigenvalue weighted by atomic mass is 10.2. The third-order valence-corrected chi connectivity index (χ3v) is 3.13. The van der Waals surface area contributed by atoms with E-state index < -0.39 is 0 Å². The number of nitrogens with one attached hydrogen (secondary N) is 1. The molecule has 0 spiro atoms. The molecule has 0 radical (unpaired) electrons. The first kappa shape index (κ1) is 14.9. The summed E-state index contributed by atoms with van der Waals surface area (Å²) in [6.45, 7) is 10.3. The summed E-state index contributed by atoms with van der Waals surface area (Å²) >= 11 is 0. The highest BCUT2D eigenvalue weighted by Crippen LogP contribution is 2.14. The molecule has 18 heavy (non-hydrogen) atoms. The maximum atomic E-state index is 4.63. The second kappa shape index (κ2) is 7.31. The molecule has 0 aliphatic heterocycles. The van der Waals surface area contributed by atoms with Crippen molar-refractivity contribution < 1.29 is 0 Å². The molecule has 0 saturated carbocycles. The van der Waals surface area contributed by atoms with Gasteiger partial charge in [0.25, 0.3) is 0 Å². The van der Waals surface area contributed by atoms with Crippen molar-refractivity contribution in [2.75, 3.05) is 18.5 Å². The van der Waals surface area contributed by atoms with Crippen LogP contribution in [0.5, 0.6) is 0 Å². The molecule has 1 unspecified atom stereocenters. The molecule has 0 saturated heterocycles. The predicted octanol–water partition coefficient (Wildman–Crippen LogP) is 2.52. The van der Waals surface area contributed by atoms with Gasteiger partial charge in [-0.2, -0.15) is 0 Å². The second-order valence-electron chi connectivity index (χ2n) is 4.83. The van der Waals surface area contributed by atoms with Crippen molar-refractivity contribution in [3.05, 3.63) is 17.5 Å². The SMILES string of the molecule is CCCC(C)N(C)c1nc(C)cc(CNCC)n1. The minimum Gasteiger partial charge on any atom is -0.341 e. The smallest absolute Gasteiger partial charge is 0.225 e. The van der Waals surface area contributed by atoms with Gasteiger partial charge in [0.15, 0.2) is 0 Å². The van der Waals surface area contributed by atoms with E-state index in [1.54, 1.807) is 0 Å². The van der Waals surface area contributed by atoms with Gasteiger partial charge in [0, 0.05) is 25.3 Å². The van der Waals surface area contributed by atoms with E-state index in [2.05, 4.69) is 48.0 Å². The van der Waals surface area contributed by atoms with Gasteiger partial charge in [0.05, 0.1) is 5.69 Å². The fraction of sp³-hybridized carbons (Fsp3) is 0.714. The minimum absolute atomic E-state index is 0.476. The predicted molar refractivity (Wildman–Crippen MR) is 76.9 cm³/mol. The molecule has 0 amide bonds. The molecule has 1 heterocycles. The molecule has 1 atom stereocenters. The molecular weight excluding hydrogens is 224 g/mol. The first-order valence-electron chi connectivity index (χ1n) is 6.86. The summed E-state index contributed by atoms with van der Waals surface area (Å²) in [5, 5.41) is 3.30. The van der Waals surface area contributed by atoms with Crippen molar-refractivity contribution in [3.8, 4) is 0 Å². The molecule has 4 heteroatoms. The van der Waals surface area contributed by atoms with Gasteiger partial charge in [0.1, 0.15) is 0 Å². The molecule has 102 valence electrons. The molecule has 0 aromatic carbocycles. The summed E-state index contributed by atoms with van der Waals surface area (Å²) in [6, 6.07) is 2.52. The Morgan fingerprint density at radius 2 is 2.06 bits per heavy atom. The average molecular weight is 250 g/mol. The molecule has 0 aliphatic carbocycles. The third-order valence-electron chi connectivity index (χ3n) is 3.13. The quantitative estimate of drug-likeness (QED) is 0.807. The van der Waals surface area contributed by atoms with Crippen molar-refractivity contribution in [2.24, 2.45) is 0 Å². The summed E-state index contributed by atoms with van der Waals surface area (Å²) < 4.78 is 0. The maximum Gasteiger partial charge on any atom is 0.225 e. The van der Waals surface area contributed by atoms with Crippen LogP contribution in [0.1, 0.15) is 45.0 Å². The van der Waals surface area contributed by atoms with Gasteiger partial charge in [-0.05, 0) is 32.9 Å². The van der Waals surface area contributed by atoms with Crippen molar-refractivity contribution >= 4 is 5.95 Å². The van der Waals surface area contributed by atoms with Crippen LogP contribution in [0, 0.1) is 6.92 Å². The molecule has 1 rings (SSSR count). The highest BCUT2D eigenvalue weighted by atomic mass is 15.3. The molecule has 0 fully saturated rings. The van der Waals surface area contributed by atoms with Gasteiger partial charge in [-0.3, -0.25) is 0 Å². The van der Waals surface area contributed by atoms with Crippen LogP contribution in [0.2, 0.25) is 0 Å². The molecule has 0 aliphatic rings. The Balaban J connectivity index is 2.84. The van der Waals surface area contributed by atoms with Crippen LogP contribution >= 0.6 is 0 Å². The van der Waals surface area contributed by atoms with E-state index in [1.807, 2.05) is 13.0 Å². The van der Waals surface area contributed by atoms with Crippen molar-refractivity contribution in [2.45, 2.75) is 53.1 Å². The summed E-state index contributed by atoms with van der Waals surface area (Å²) in [5.41, 5.74) is 2.10. The molecular formula is C14H26N4. The van der Waals surface area contributed by atoms with Crippen LogP contribution in [0.15, 0.2) is 6.07 Å². The van der Waals surface area contributed by atoms with Gasteiger partial charge in [-0.1, -0.05) is 20.3 Å². The van der Waals surface area contributed by atoms with E-state index in [0.717, 1.165) is 36.8 Å². The monoisotopic (exact) mass is 250 g/mol. The van der Waals surface area contributed by atoms with Crippen LogP contribution in [0.25, 0.3) is 0 Å². The number of anilines is 1. The lowest BCUT2D eigenvalue weighted by molar-refractivity contribution is 0.601. The fourth-order valence-electron chi connectivity index (χ4n) is 1.93. The lowest BCUT2D eigenvalue weighted by Gasteiger charge is -2.25. The summed E-state index contributed by atoms with van der Waals surface area (Å²) in [7, 11) is 2.08. The number of hydrogen-bond acceptors (Lipinski definition) is 4. The van der Waals surface area contributed by atoms with Crippen molar-refractivity contribution in [3.63, 3.8) is 0 Å². The minimum atomic E-state index is 0.476. The van der Waals surface area contributed by atoms with Gasteiger partial charge >= 0.3 is 0 Å². The van der Waals surface area contributed by atoms with Crippen LogP contribution in [0.3, 0.4) is 0 Å². The summed E-state index contributed by atoms with van der Waals surface area (Å²) in [5.74, 6) is 0.837. The summed E-state index contributed by atoms with van der Waals surface area (Å²) in [6.07, 6.45) is 2.35. The maximum absolute atomic E-state index is 4.63. The van der Waals surface area contributed by atoms with E-state index in [1.165, 1.54) is 6.42 Å². The Morgan fingerprint density at radius 1 is 1.33 bits per heavy atom. The molecule has 0 bridgehead atoms. The van der Waals surface area contributed by atoms with Gasteiger partial charge < -0.3 is 10.2 Å². The first-order chi connectivity index (χ1) is 8.58. The van der Waals surface area contributed by atoms with Crippen LogP contribution in [-0.2, 0) is 6.54 Å². The Morgan fingerprint density at radius 3 is 2.67 bits per heavy atom. The zero-order valence-electron chi connectivity index (χ0n) is 12.3. The fourth-order valence-corrected chi connectivity index (χ4v) is 1.93. The third kappa shape index (κ3) is 4.26. The standard InChI is InChI=1S/C14H26N4/c1-6-8-12(4)18(5)14-16-11(3)9-13(17-14)10-15-7-2/h9,12,15H,6-8,10H2,1-5H3. The topological polar surface area (TPSA) is 41.1 Å². The molecule has 1 aromatic heterocycles. The highest BCUT2D eigenvalue weighted by molar-refractivity contribution is 5.32. The molecule has 4 nitrogen and oxygen atoms in total. The zero-order valence-corrected chi connectivity index (χ0v) is 12.3. The largest absolute Gasteiger partial charge is 0.341 e. The first-order valence-corrected chi connectivity index (χ1v) is 6.86. The van der Waals surface area contributed by atoms with Crippen LogP contribution in [-0.4, -0.2) is 29.6 Å². The van der Waals surface area contributed by atoms with Crippen molar-refractivity contribution in [1.29, 1.82) is 0 Å². The zero-order chi connectivity index (χ0) is 13.5. The van der Waals surface area contributed by atoms with Crippen molar-refractivity contribution in [1.82, 2.24) is 15.3 Å². The van der Waals surface area contributed by atoms with Crippen LogP contribution < -0.4 is 10.2 Å². The normalized spacial score (nSPS) is 12.5. The number of aryl methyl sites for hydroxylation is 1. The number of rotatable bonds is 7. The molecule has 1 N–H and O–H groups in total. The van der Waals surface area contributed by atoms with E-state index in [0.29, 0.717) is 6.04 Å². The van der Waals surface area contributed by atoms with E-state index in [4.69, 9.17) is 0 Å². The highest BCUT2D eigenvalue weighted by Gasteiger charge is 2.12. The second-order valence-corrected chi connectivity index (χ2v) is 4.83. The van der Waals surface area contributed by atoms with Gasteiger partial charge in [0.2, 0.25) is 5.95 Å². The van der Waals surface area contributed by atoms with E-state index in [-0.39, 0.29) is 0 Å². The van der Waals surface area contributed by atoms with Gasteiger partial charge in [-0.25, -0.2) is 9.97 Å².